The first-order valence-corrected chi connectivity index (χ1v) is 13.5. The van der Waals surface area contributed by atoms with E-state index in [1.54, 1.807) is 24.3 Å². The van der Waals surface area contributed by atoms with Crippen LogP contribution in [0.15, 0.2) is 52.3 Å². The van der Waals surface area contributed by atoms with Gasteiger partial charge in [-0.3, -0.25) is 0 Å². The number of hydrogen-bond donors (Lipinski definition) is 0. The average molecular weight is 530 g/mol. The van der Waals surface area contributed by atoms with E-state index in [-0.39, 0.29) is 12.0 Å². The first kappa shape index (κ1) is 25.9. The summed E-state index contributed by atoms with van der Waals surface area (Å²) in [5.74, 6) is 0.210. The van der Waals surface area contributed by atoms with Crippen molar-refractivity contribution in [2.45, 2.75) is 47.1 Å². The van der Waals surface area contributed by atoms with Crippen LogP contribution in [-0.2, 0) is 22.5 Å². The van der Waals surface area contributed by atoms with Gasteiger partial charge in [0.15, 0.2) is 0 Å². The van der Waals surface area contributed by atoms with E-state index in [0.717, 1.165) is 45.5 Å². The summed E-state index contributed by atoms with van der Waals surface area (Å²) in [6.45, 7) is 8.32. The highest BCUT2D eigenvalue weighted by atomic mass is 32.1. The number of hydrogen-bond acceptors (Lipinski definition) is 7. The summed E-state index contributed by atoms with van der Waals surface area (Å²) >= 11 is 1.69. The quantitative estimate of drug-likeness (QED) is 0.249. The zero-order valence-electron chi connectivity index (χ0n) is 22.3. The van der Waals surface area contributed by atoms with Crippen molar-refractivity contribution in [3.05, 3.63) is 86.6 Å². The molecule has 0 saturated heterocycles. The fourth-order valence-electron chi connectivity index (χ4n) is 5.05. The number of pyridine rings is 1. The molecule has 0 N–H and O–H groups in total. The smallest absolute Gasteiger partial charge is 0.341 e. The Kier molecular flexibility index (Phi) is 6.97. The maximum atomic E-state index is 13.8. The highest BCUT2D eigenvalue weighted by molar-refractivity contribution is 7.10. The average Bonchev–Trinajstić information content (AvgIpc) is 3.54. The predicted octanol–water partition coefficient (Wildman–Crippen LogP) is 7.49. The Labute approximate surface area is 226 Å². The molecule has 0 radical (unpaired) electrons. The lowest BCUT2D eigenvalue weighted by molar-refractivity contribution is 0.0443. The molecular formula is C31H31NO5S. The van der Waals surface area contributed by atoms with Crippen molar-refractivity contribution in [2.75, 3.05) is 7.11 Å². The number of ether oxygens (including phenoxy) is 2. The van der Waals surface area contributed by atoms with E-state index in [9.17, 15) is 9.59 Å². The summed E-state index contributed by atoms with van der Waals surface area (Å²) in [5, 5.41) is 2.84. The molecule has 0 saturated carbocycles. The molecule has 0 spiro atoms. The van der Waals surface area contributed by atoms with Crippen molar-refractivity contribution in [2.24, 2.45) is 11.3 Å². The van der Waals surface area contributed by atoms with Crippen LogP contribution in [0.1, 0.15) is 75.6 Å². The lowest BCUT2D eigenvalue weighted by Gasteiger charge is -2.36. The maximum Gasteiger partial charge on any atom is 0.341 e. The summed E-state index contributed by atoms with van der Waals surface area (Å²) < 4.78 is 16.3. The van der Waals surface area contributed by atoms with Crippen molar-refractivity contribution in [3.8, 4) is 0 Å². The number of thiophene rings is 1. The number of aryl methyl sites for hydroxylation is 1. The van der Waals surface area contributed by atoms with E-state index in [4.69, 9.17) is 18.9 Å². The number of aromatic nitrogens is 1. The van der Waals surface area contributed by atoms with Gasteiger partial charge in [-0.25, -0.2) is 14.6 Å². The zero-order valence-corrected chi connectivity index (χ0v) is 23.1. The van der Waals surface area contributed by atoms with E-state index < -0.39 is 11.9 Å². The standard InChI is InChI=1S/C31H31NO5S/c1-18-24(29(33)35-5)16-21(37-18)17-36-30(34)27-23-10-6-7-11-26(23)32-28-19(14-22-9-8-12-38-22)13-20(15-25(27)28)31(2,3)4/h6-12,14,16,20H,13,15,17H2,1-5H3/b19-14-. The van der Waals surface area contributed by atoms with Gasteiger partial charge in [0, 0.05) is 10.3 Å². The molecule has 196 valence electrons. The number of methoxy groups -OCH3 is 1. The third kappa shape index (κ3) is 5.03. The second-order valence-corrected chi connectivity index (χ2v) is 11.7. The Morgan fingerprint density at radius 2 is 1.92 bits per heavy atom. The molecule has 0 bridgehead atoms. The third-order valence-electron chi connectivity index (χ3n) is 7.22. The van der Waals surface area contributed by atoms with Gasteiger partial charge >= 0.3 is 11.9 Å². The maximum absolute atomic E-state index is 13.8. The molecule has 5 rings (SSSR count). The van der Waals surface area contributed by atoms with Gasteiger partial charge < -0.3 is 13.9 Å². The van der Waals surface area contributed by atoms with Crippen LogP contribution in [0.2, 0.25) is 0 Å². The van der Waals surface area contributed by atoms with E-state index in [1.807, 2.05) is 30.3 Å². The SMILES string of the molecule is COC(=O)c1cc(COC(=O)c2c3c(nc4ccccc24)/C(=C\c2cccs2)CC(C(C)(C)C)C3)oc1C. The van der Waals surface area contributed by atoms with Gasteiger partial charge in [-0.15, -0.1) is 11.3 Å². The van der Waals surface area contributed by atoms with Gasteiger partial charge in [0.1, 0.15) is 23.7 Å². The zero-order chi connectivity index (χ0) is 27.0. The highest BCUT2D eigenvalue weighted by Gasteiger charge is 2.35. The van der Waals surface area contributed by atoms with Crippen LogP contribution in [0.5, 0.6) is 0 Å². The molecular weight excluding hydrogens is 498 g/mol. The largest absolute Gasteiger partial charge is 0.465 e. The third-order valence-corrected chi connectivity index (χ3v) is 8.04. The first-order valence-electron chi connectivity index (χ1n) is 12.7. The minimum absolute atomic E-state index is 0.0367. The van der Waals surface area contributed by atoms with Gasteiger partial charge in [0.05, 0.1) is 23.9 Å². The molecule has 1 unspecified atom stereocenters. The van der Waals surface area contributed by atoms with Crippen molar-refractivity contribution < 1.29 is 23.5 Å². The Morgan fingerprint density at radius 1 is 1.13 bits per heavy atom. The molecule has 0 amide bonds. The number of carbonyl (C=O) groups is 2. The first-order chi connectivity index (χ1) is 18.2. The summed E-state index contributed by atoms with van der Waals surface area (Å²) in [6, 6.07) is 13.4. The molecule has 1 aliphatic rings. The normalized spacial score (nSPS) is 16.4. The number of para-hydroxylation sites is 1. The molecule has 4 aromatic rings. The summed E-state index contributed by atoms with van der Waals surface area (Å²) in [6.07, 6.45) is 3.82. The molecule has 3 heterocycles. The number of allylic oxidation sites excluding steroid dienone is 1. The number of benzene rings is 1. The molecule has 1 aromatic carbocycles. The minimum atomic E-state index is -0.490. The topological polar surface area (TPSA) is 78.6 Å². The summed E-state index contributed by atoms with van der Waals surface area (Å²) in [5.41, 5.74) is 4.59. The molecule has 6 nitrogen and oxygen atoms in total. The van der Waals surface area contributed by atoms with Crippen LogP contribution in [0, 0.1) is 18.3 Å². The van der Waals surface area contributed by atoms with E-state index >= 15 is 0 Å². The van der Waals surface area contributed by atoms with E-state index in [2.05, 4.69) is 38.3 Å². The van der Waals surface area contributed by atoms with Crippen molar-refractivity contribution >= 4 is 45.8 Å². The monoisotopic (exact) mass is 529 g/mol. The lowest BCUT2D eigenvalue weighted by Crippen LogP contribution is -2.28. The second kappa shape index (κ2) is 10.2. The van der Waals surface area contributed by atoms with E-state index in [1.165, 1.54) is 7.11 Å². The van der Waals surface area contributed by atoms with Crippen molar-refractivity contribution in [1.29, 1.82) is 0 Å². The second-order valence-electron chi connectivity index (χ2n) is 10.7. The molecule has 0 aliphatic heterocycles. The number of rotatable bonds is 5. The highest BCUT2D eigenvalue weighted by Crippen LogP contribution is 2.45. The van der Waals surface area contributed by atoms with E-state index in [0.29, 0.717) is 28.6 Å². The number of esters is 2. The Balaban J connectivity index is 1.59. The van der Waals surface area contributed by atoms with Crippen LogP contribution in [0.25, 0.3) is 22.6 Å². The lowest BCUT2D eigenvalue weighted by atomic mass is 9.69. The molecule has 7 heteroatoms. The van der Waals surface area contributed by atoms with Gasteiger partial charge in [0.25, 0.3) is 0 Å². The number of fused-ring (bicyclic) bond motifs is 2. The van der Waals surface area contributed by atoms with Crippen LogP contribution in [0.4, 0.5) is 0 Å². The number of furan rings is 1. The van der Waals surface area contributed by atoms with Crippen molar-refractivity contribution in [1.82, 2.24) is 4.98 Å². The van der Waals surface area contributed by atoms with Gasteiger partial charge in [-0.1, -0.05) is 45.0 Å². The fourth-order valence-corrected chi connectivity index (χ4v) is 5.73. The Hall–Kier alpha value is -3.71. The number of nitrogens with zero attached hydrogens (tertiary/aromatic N) is 1. The van der Waals surface area contributed by atoms with Gasteiger partial charge in [0.2, 0.25) is 0 Å². The molecule has 0 fully saturated rings. The van der Waals surface area contributed by atoms with Crippen LogP contribution in [0.3, 0.4) is 0 Å². The minimum Gasteiger partial charge on any atom is -0.465 e. The summed E-state index contributed by atoms with van der Waals surface area (Å²) in [4.78, 5) is 32.0. The Morgan fingerprint density at radius 3 is 2.63 bits per heavy atom. The molecule has 1 aliphatic carbocycles. The van der Waals surface area contributed by atoms with Gasteiger partial charge in [-0.2, -0.15) is 0 Å². The predicted molar refractivity (Wildman–Crippen MR) is 149 cm³/mol. The number of carbonyl (C=O) groups excluding carboxylic acids is 2. The van der Waals surface area contributed by atoms with Crippen LogP contribution >= 0.6 is 11.3 Å². The van der Waals surface area contributed by atoms with Crippen molar-refractivity contribution in [3.63, 3.8) is 0 Å². The Bertz CT molecular complexity index is 1540. The molecule has 1 atom stereocenters. The van der Waals surface area contributed by atoms with Crippen LogP contribution < -0.4 is 0 Å². The molecule has 38 heavy (non-hydrogen) atoms. The summed E-state index contributed by atoms with van der Waals surface area (Å²) in [7, 11) is 1.32. The van der Waals surface area contributed by atoms with Crippen LogP contribution in [-0.4, -0.2) is 24.0 Å². The van der Waals surface area contributed by atoms with Gasteiger partial charge in [-0.05, 0) is 71.9 Å². The molecule has 3 aromatic heterocycles. The fraction of sp³-hybridized carbons (Fsp3) is 0.323.